The first-order chi connectivity index (χ1) is 48.2. The summed E-state index contributed by atoms with van der Waals surface area (Å²) in [5.74, 6) is 2.58. The van der Waals surface area contributed by atoms with E-state index >= 15 is 0 Å². The molecule has 0 aromatic heterocycles. The number of nitrogens with one attached hydrogen (secondary N) is 2. The first-order valence-electron chi connectivity index (χ1n) is 44.0. The summed E-state index contributed by atoms with van der Waals surface area (Å²) < 4.78 is 5.33. The molecule has 15 heteroatoms. The number of likely N-dealkylation sites (tertiary alicyclic amines) is 8. The van der Waals surface area contributed by atoms with E-state index in [0.717, 1.165) is 33.3 Å². The van der Waals surface area contributed by atoms with Crippen molar-refractivity contribution in [2.75, 3.05) is 163 Å². The van der Waals surface area contributed by atoms with Crippen LogP contribution in [0.5, 0.6) is 0 Å². The zero-order valence-electron chi connectivity index (χ0n) is 77.8. The Balaban J connectivity index is 0.000000578. The largest absolute Gasteiger partial charge is 0.366 e. The molecule has 630 valence electrons. The van der Waals surface area contributed by atoms with Gasteiger partial charge in [-0.2, -0.15) is 0 Å². The van der Waals surface area contributed by atoms with Crippen LogP contribution in [0.25, 0.3) is 0 Å². The Morgan fingerprint density at radius 1 is 0.200 bits per heavy atom. The lowest BCUT2D eigenvalue weighted by Crippen LogP contribution is -2.57. The van der Waals surface area contributed by atoms with Gasteiger partial charge in [-0.15, -0.1) is 11.8 Å². The summed E-state index contributed by atoms with van der Waals surface area (Å²) in [5.41, 5.74) is 4.22. The molecule has 0 aliphatic carbocycles. The van der Waals surface area contributed by atoms with E-state index < -0.39 is 0 Å². The number of thioether (sulfide) groups is 1. The SMILES string of the molecule is CC(C)(C)N1CCC1.CC(C)(C)N1CCCC1.CC(C)(C)N1CCCC1.CC(C)(C)N1CCCC1.CC(C)(C)N1CCCCC1.CC(C)(C)N1CCCCC1.CC(C)(C)N1CCCCC1.CC(C)(C)N1CCCCC1.CC(C)(C)N1CCCOC1.CC(C)(C)N1CCCSC1.CC(C)(C)N1CNCNC1. The minimum absolute atomic E-state index is 0.278. The second-order valence-corrected chi connectivity index (χ2v) is 44.4. The lowest BCUT2D eigenvalue weighted by molar-refractivity contribution is -0.0560. The Labute approximate surface area is 664 Å². The molecule has 2 N–H and O–H groups in total. The van der Waals surface area contributed by atoms with Gasteiger partial charge in [0.2, 0.25) is 0 Å². The van der Waals surface area contributed by atoms with Gasteiger partial charge in [0.15, 0.2) is 0 Å². The van der Waals surface area contributed by atoms with E-state index in [9.17, 15) is 0 Å². The maximum Gasteiger partial charge on any atom is 0.0994 e. The molecule has 11 rings (SSSR count). The van der Waals surface area contributed by atoms with Crippen molar-refractivity contribution in [2.24, 2.45) is 0 Å². The average molecular weight is 1510 g/mol. The summed E-state index contributed by atoms with van der Waals surface area (Å²) >= 11 is 2.06. The van der Waals surface area contributed by atoms with Crippen LogP contribution in [0.2, 0.25) is 0 Å². The molecule has 0 saturated carbocycles. The lowest BCUT2D eigenvalue weighted by Gasteiger charge is -2.42. The van der Waals surface area contributed by atoms with E-state index in [2.05, 4.69) is 305 Å². The third-order valence-corrected chi connectivity index (χ3v) is 23.9. The van der Waals surface area contributed by atoms with Crippen LogP contribution in [0.15, 0.2) is 0 Å². The maximum absolute atomic E-state index is 5.33. The number of ether oxygens (including phenoxy) is 1. The number of hydrogen-bond donors (Lipinski definition) is 2. The van der Waals surface area contributed by atoms with E-state index in [1.165, 1.54) is 264 Å². The van der Waals surface area contributed by atoms with Crippen LogP contribution >= 0.6 is 11.8 Å². The van der Waals surface area contributed by atoms with Crippen LogP contribution < -0.4 is 10.6 Å². The Kier molecular flexibility index (Phi) is 48.5. The molecule has 0 bridgehead atoms. The lowest BCUT2D eigenvalue weighted by atomic mass is 10.0. The molecule has 0 unspecified atom stereocenters. The molecule has 0 amide bonds. The molecule has 11 saturated heterocycles. The average Bonchev–Trinajstić information content (AvgIpc) is 1.66. The highest BCUT2D eigenvalue weighted by atomic mass is 32.2. The van der Waals surface area contributed by atoms with Gasteiger partial charge in [0.1, 0.15) is 0 Å². The monoisotopic (exact) mass is 1500 g/mol. The van der Waals surface area contributed by atoms with Crippen LogP contribution in [0, 0.1) is 0 Å². The molecule has 0 spiro atoms. The summed E-state index contributed by atoms with van der Waals surface area (Å²) in [5, 5.41) is 6.51. The molecule has 11 aliphatic rings. The summed E-state index contributed by atoms with van der Waals surface area (Å²) in [6, 6.07) is 0. The van der Waals surface area contributed by atoms with Gasteiger partial charge < -0.3 is 4.74 Å². The molecule has 0 atom stereocenters. The van der Waals surface area contributed by atoms with Crippen LogP contribution in [-0.4, -0.2) is 278 Å². The van der Waals surface area contributed by atoms with Crippen LogP contribution in [0.1, 0.15) is 363 Å². The Bertz CT molecular complexity index is 1720. The maximum atomic E-state index is 5.33. The van der Waals surface area contributed by atoms with Crippen molar-refractivity contribution in [1.82, 2.24) is 64.5 Å². The van der Waals surface area contributed by atoms with Crippen molar-refractivity contribution in [3.8, 4) is 0 Å². The second kappa shape index (κ2) is 49.5. The number of hydrogen-bond acceptors (Lipinski definition) is 15. The number of rotatable bonds is 0. The molecule has 0 aromatic rings. The third-order valence-electron chi connectivity index (χ3n) is 22.8. The molecule has 0 aromatic carbocycles. The van der Waals surface area contributed by atoms with E-state index in [1.807, 2.05) is 0 Å². The Hall–Kier alpha value is -0.210. The molecule has 11 aliphatic heterocycles. The molecule has 14 nitrogen and oxygen atoms in total. The van der Waals surface area contributed by atoms with Crippen molar-refractivity contribution in [3.05, 3.63) is 0 Å². The van der Waals surface area contributed by atoms with E-state index in [4.69, 9.17) is 4.74 Å². The molecule has 11 fully saturated rings. The highest BCUT2D eigenvalue weighted by molar-refractivity contribution is 7.99. The van der Waals surface area contributed by atoms with E-state index in [0.29, 0.717) is 49.9 Å². The summed E-state index contributed by atoms with van der Waals surface area (Å²) in [7, 11) is 0. The zero-order valence-corrected chi connectivity index (χ0v) is 78.6. The molecule has 11 heterocycles. The van der Waals surface area contributed by atoms with Gasteiger partial charge in [-0.05, 0) is 448 Å². The highest BCUT2D eigenvalue weighted by Gasteiger charge is 2.31. The molecule has 0 radical (unpaired) electrons. The van der Waals surface area contributed by atoms with Gasteiger partial charge in [-0.3, -0.25) is 64.5 Å². The summed E-state index contributed by atoms with van der Waals surface area (Å²) in [4.78, 5) is 27.7. The predicted molar refractivity (Wildman–Crippen MR) is 471 cm³/mol. The standard InChI is InChI=1S/4C9H19N.C8H17NO.C8H17NS.3C8H17N.C7H17N3.C7H15N/c4*1-9(2,3)10-7-5-4-6-8-10;2*1-8(2,3)9-5-4-6-10-7-9;3*1-8(2,3)9-6-4-5-7-9;1-7(2,3)10-5-8-4-9-6-10;1-7(2,3)8-5-4-6-8/h4*4-8H2,1-3H3;2*4-7H2,1-3H3;3*4-7H2,1-3H3;8-9H,4-6H2,1-3H3;4-6H2,1-3H3. The minimum Gasteiger partial charge on any atom is -0.366 e. The summed E-state index contributed by atoms with van der Waals surface area (Å²) in [6.07, 6.45) is 29.3. The van der Waals surface area contributed by atoms with Crippen molar-refractivity contribution < 1.29 is 4.74 Å². The van der Waals surface area contributed by atoms with Crippen molar-refractivity contribution in [1.29, 1.82) is 0 Å². The third kappa shape index (κ3) is 48.6. The first-order valence-corrected chi connectivity index (χ1v) is 45.1. The fourth-order valence-electron chi connectivity index (χ4n) is 14.7. The van der Waals surface area contributed by atoms with Crippen LogP contribution in [-0.2, 0) is 4.74 Å². The number of nitrogens with zero attached hydrogens (tertiary/aromatic N) is 11. The fraction of sp³-hybridized carbons (Fsp3) is 1.00. The minimum atomic E-state index is 0.278. The zero-order chi connectivity index (χ0) is 80.2. The van der Waals surface area contributed by atoms with Crippen LogP contribution in [0.3, 0.4) is 0 Å². The predicted octanol–water partition coefficient (Wildman–Crippen LogP) is 20.0. The quantitative estimate of drug-likeness (QED) is 0.242. The van der Waals surface area contributed by atoms with Gasteiger partial charge in [-0.1, -0.05) is 25.7 Å². The second-order valence-electron chi connectivity index (χ2n) is 43.3. The Morgan fingerprint density at radius 2 is 0.390 bits per heavy atom. The smallest absolute Gasteiger partial charge is 0.0994 e. The molecular weight excluding hydrogens is 1310 g/mol. The van der Waals surface area contributed by atoms with E-state index in [-0.39, 0.29) is 11.1 Å². The van der Waals surface area contributed by atoms with Crippen molar-refractivity contribution >= 4 is 11.8 Å². The van der Waals surface area contributed by atoms with Crippen molar-refractivity contribution in [2.45, 2.75) is 424 Å². The number of piperidine rings is 4. The van der Waals surface area contributed by atoms with Crippen molar-refractivity contribution in [3.63, 3.8) is 0 Å². The molecule has 105 heavy (non-hydrogen) atoms. The topological polar surface area (TPSA) is 68.9 Å². The Morgan fingerprint density at radius 3 is 0.514 bits per heavy atom. The summed E-state index contributed by atoms with van der Waals surface area (Å²) in [6.45, 7) is 103. The fourth-order valence-corrected chi connectivity index (χ4v) is 15.9. The van der Waals surface area contributed by atoms with Gasteiger partial charge in [0, 0.05) is 93.2 Å². The molecular formula is C90H193N13OS. The van der Waals surface area contributed by atoms with Gasteiger partial charge in [0.25, 0.3) is 0 Å². The van der Waals surface area contributed by atoms with Gasteiger partial charge in [-0.25, -0.2) is 0 Å². The van der Waals surface area contributed by atoms with E-state index in [1.54, 1.807) is 0 Å². The van der Waals surface area contributed by atoms with Gasteiger partial charge in [0.05, 0.1) is 20.1 Å². The first kappa shape index (κ1) is 103. The highest BCUT2D eigenvalue weighted by Crippen LogP contribution is 2.27. The normalized spacial score (nSPS) is 23.1. The van der Waals surface area contributed by atoms with Gasteiger partial charge >= 0.3 is 0 Å². The van der Waals surface area contributed by atoms with Crippen LogP contribution in [0.4, 0.5) is 0 Å².